The third-order valence-electron chi connectivity index (χ3n) is 3.33. The molecule has 0 saturated heterocycles. The zero-order chi connectivity index (χ0) is 12.4. The maximum Gasteiger partial charge on any atom is 0.0595 e. The summed E-state index contributed by atoms with van der Waals surface area (Å²) in [4.78, 5) is 2.32. The van der Waals surface area contributed by atoms with Crippen LogP contribution in [0.1, 0.15) is 24.4 Å². The van der Waals surface area contributed by atoms with Crippen molar-refractivity contribution in [3.8, 4) is 0 Å². The van der Waals surface area contributed by atoms with Gasteiger partial charge in [0, 0.05) is 19.1 Å². The van der Waals surface area contributed by atoms with E-state index in [0.29, 0.717) is 16.6 Å². The lowest BCUT2D eigenvalue weighted by molar-refractivity contribution is 0.240. The molecule has 1 aliphatic carbocycles. The maximum atomic E-state index is 6.05. The molecule has 0 heterocycles. The number of hydrogen-bond donors (Lipinski definition) is 1. The van der Waals surface area contributed by atoms with Crippen LogP contribution in [0.4, 0.5) is 0 Å². The topological polar surface area (TPSA) is 29.3 Å². The van der Waals surface area contributed by atoms with Crippen LogP contribution in [-0.4, -0.2) is 25.0 Å². The SMILES string of the molecule is CN(CC1CC1)C(CN)c1ccc(Cl)c(Cl)c1. The number of nitrogens with zero attached hydrogens (tertiary/aromatic N) is 1. The highest BCUT2D eigenvalue weighted by Gasteiger charge is 2.26. The summed E-state index contributed by atoms with van der Waals surface area (Å²) < 4.78 is 0. The Morgan fingerprint density at radius 3 is 2.59 bits per heavy atom. The summed E-state index contributed by atoms with van der Waals surface area (Å²) in [7, 11) is 2.12. The van der Waals surface area contributed by atoms with Crippen LogP contribution in [0.2, 0.25) is 10.0 Å². The first kappa shape index (κ1) is 13.2. The number of rotatable bonds is 5. The average molecular weight is 273 g/mol. The van der Waals surface area contributed by atoms with Crippen LogP contribution in [0, 0.1) is 5.92 Å². The van der Waals surface area contributed by atoms with Crippen LogP contribution in [-0.2, 0) is 0 Å². The molecule has 0 aliphatic heterocycles. The van der Waals surface area contributed by atoms with Crippen molar-refractivity contribution in [2.24, 2.45) is 11.7 Å². The van der Waals surface area contributed by atoms with E-state index >= 15 is 0 Å². The summed E-state index contributed by atoms with van der Waals surface area (Å²) in [5, 5.41) is 1.19. The molecule has 1 atom stereocenters. The predicted octanol–water partition coefficient (Wildman–Crippen LogP) is 3.34. The van der Waals surface area contributed by atoms with Gasteiger partial charge in [-0.1, -0.05) is 29.3 Å². The number of halogens is 2. The molecular formula is C13H18Cl2N2. The van der Waals surface area contributed by atoms with E-state index in [1.165, 1.54) is 12.8 Å². The molecule has 1 unspecified atom stereocenters. The van der Waals surface area contributed by atoms with Gasteiger partial charge in [0.1, 0.15) is 0 Å². The fourth-order valence-electron chi connectivity index (χ4n) is 2.13. The summed E-state index contributed by atoms with van der Waals surface area (Å²) in [6.07, 6.45) is 2.70. The van der Waals surface area contributed by atoms with E-state index in [4.69, 9.17) is 28.9 Å². The van der Waals surface area contributed by atoms with E-state index in [-0.39, 0.29) is 6.04 Å². The highest BCUT2D eigenvalue weighted by molar-refractivity contribution is 6.42. The van der Waals surface area contributed by atoms with Crippen LogP contribution in [0.25, 0.3) is 0 Å². The van der Waals surface area contributed by atoms with Crippen LogP contribution in [0.5, 0.6) is 0 Å². The summed E-state index contributed by atoms with van der Waals surface area (Å²) in [5.74, 6) is 0.858. The Balaban J connectivity index is 2.12. The van der Waals surface area contributed by atoms with Gasteiger partial charge in [0.15, 0.2) is 0 Å². The lowest BCUT2D eigenvalue weighted by Crippen LogP contribution is -2.32. The van der Waals surface area contributed by atoms with Gasteiger partial charge in [-0.15, -0.1) is 0 Å². The largest absolute Gasteiger partial charge is 0.329 e. The maximum absolute atomic E-state index is 6.05. The normalized spacial score (nSPS) is 17.5. The van der Waals surface area contributed by atoms with Gasteiger partial charge in [-0.25, -0.2) is 0 Å². The standard InChI is InChI=1S/C13H18Cl2N2/c1-17(8-9-2-3-9)13(7-16)10-4-5-11(14)12(15)6-10/h4-6,9,13H,2-3,7-8,16H2,1H3. The molecule has 2 nitrogen and oxygen atoms in total. The summed E-state index contributed by atoms with van der Waals surface area (Å²) in [6.45, 7) is 1.71. The molecule has 94 valence electrons. The third kappa shape index (κ3) is 3.35. The monoisotopic (exact) mass is 272 g/mol. The van der Waals surface area contributed by atoms with Crippen molar-refractivity contribution >= 4 is 23.2 Å². The van der Waals surface area contributed by atoms with E-state index in [2.05, 4.69) is 11.9 Å². The van der Waals surface area contributed by atoms with E-state index in [1.807, 2.05) is 18.2 Å². The average Bonchev–Trinajstić information content (AvgIpc) is 3.08. The third-order valence-corrected chi connectivity index (χ3v) is 4.07. The molecule has 1 fully saturated rings. The first-order valence-electron chi connectivity index (χ1n) is 5.97. The minimum Gasteiger partial charge on any atom is -0.329 e. The molecule has 17 heavy (non-hydrogen) atoms. The van der Waals surface area contributed by atoms with Crippen molar-refractivity contribution in [1.82, 2.24) is 4.90 Å². The highest BCUT2D eigenvalue weighted by atomic mass is 35.5. The van der Waals surface area contributed by atoms with Crippen molar-refractivity contribution < 1.29 is 0 Å². The van der Waals surface area contributed by atoms with Gasteiger partial charge in [0.05, 0.1) is 10.0 Å². The van der Waals surface area contributed by atoms with Crippen molar-refractivity contribution in [1.29, 1.82) is 0 Å². The van der Waals surface area contributed by atoms with Crippen LogP contribution < -0.4 is 5.73 Å². The minimum atomic E-state index is 0.227. The van der Waals surface area contributed by atoms with Gasteiger partial charge in [0.25, 0.3) is 0 Å². The van der Waals surface area contributed by atoms with Crippen molar-refractivity contribution in [2.45, 2.75) is 18.9 Å². The Morgan fingerprint density at radius 2 is 2.06 bits per heavy atom. The number of benzene rings is 1. The molecule has 0 radical (unpaired) electrons. The van der Waals surface area contributed by atoms with Gasteiger partial charge < -0.3 is 5.73 Å². The number of likely N-dealkylation sites (N-methyl/N-ethyl adjacent to an activating group) is 1. The second-order valence-electron chi connectivity index (χ2n) is 4.81. The molecular weight excluding hydrogens is 255 g/mol. The molecule has 2 N–H and O–H groups in total. The van der Waals surface area contributed by atoms with Gasteiger partial charge in [-0.3, -0.25) is 4.90 Å². The van der Waals surface area contributed by atoms with Gasteiger partial charge >= 0.3 is 0 Å². The van der Waals surface area contributed by atoms with Crippen molar-refractivity contribution in [3.63, 3.8) is 0 Å². The van der Waals surface area contributed by atoms with Gasteiger partial charge in [0.2, 0.25) is 0 Å². The molecule has 0 aromatic heterocycles. The zero-order valence-corrected chi connectivity index (χ0v) is 11.5. The van der Waals surface area contributed by atoms with Crippen molar-refractivity contribution in [2.75, 3.05) is 20.1 Å². The van der Waals surface area contributed by atoms with E-state index in [9.17, 15) is 0 Å². The highest BCUT2D eigenvalue weighted by Crippen LogP contribution is 2.33. The Morgan fingerprint density at radius 1 is 1.35 bits per heavy atom. The molecule has 0 spiro atoms. The molecule has 1 aromatic rings. The molecule has 0 bridgehead atoms. The second-order valence-corrected chi connectivity index (χ2v) is 5.62. The van der Waals surface area contributed by atoms with Gasteiger partial charge in [-0.05, 0) is 43.5 Å². The summed E-state index contributed by atoms with van der Waals surface area (Å²) in [5.41, 5.74) is 7.02. The fraction of sp³-hybridized carbons (Fsp3) is 0.538. The quantitative estimate of drug-likeness (QED) is 0.891. The second kappa shape index (κ2) is 5.57. The molecule has 1 aromatic carbocycles. The predicted molar refractivity (Wildman–Crippen MR) is 73.6 cm³/mol. The van der Waals surface area contributed by atoms with Crippen LogP contribution in [0.3, 0.4) is 0 Å². The number of hydrogen-bond acceptors (Lipinski definition) is 2. The van der Waals surface area contributed by atoms with Crippen molar-refractivity contribution in [3.05, 3.63) is 33.8 Å². The number of nitrogens with two attached hydrogens (primary N) is 1. The Kier molecular flexibility index (Phi) is 4.31. The van der Waals surface area contributed by atoms with E-state index in [0.717, 1.165) is 18.0 Å². The Labute approximate surface area is 113 Å². The first-order valence-corrected chi connectivity index (χ1v) is 6.72. The molecule has 4 heteroatoms. The molecule has 1 aliphatic rings. The lowest BCUT2D eigenvalue weighted by atomic mass is 10.1. The Bertz CT molecular complexity index is 391. The van der Waals surface area contributed by atoms with E-state index < -0.39 is 0 Å². The fourth-order valence-corrected chi connectivity index (χ4v) is 2.43. The molecule has 0 amide bonds. The molecule has 1 saturated carbocycles. The summed E-state index contributed by atoms with van der Waals surface area (Å²) in [6, 6.07) is 6.00. The summed E-state index contributed by atoms with van der Waals surface area (Å²) >= 11 is 12.0. The zero-order valence-electron chi connectivity index (χ0n) is 10.00. The van der Waals surface area contributed by atoms with E-state index in [1.54, 1.807) is 0 Å². The van der Waals surface area contributed by atoms with Crippen LogP contribution in [0.15, 0.2) is 18.2 Å². The Hall–Kier alpha value is -0.280. The minimum absolute atomic E-state index is 0.227. The lowest BCUT2D eigenvalue weighted by Gasteiger charge is -2.27. The van der Waals surface area contributed by atoms with Crippen LogP contribution >= 0.6 is 23.2 Å². The van der Waals surface area contributed by atoms with Gasteiger partial charge in [-0.2, -0.15) is 0 Å². The smallest absolute Gasteiger partial charge is 0.0595 e. The molecule has 2 rings (SSSR count). The first-order chi connectivity index (χ1) is 8.11.